The van der Waals surface area contributed by atoms with Gasteiger partial charge in [-0.2, -0.15) is 0 Å². The van der Waals surface area contributed by atoms with Crippen molar-refractivity contribution in [2.24, 2.45) is 0 Å². The standard InChI is InChI=1S/C22H23NO5S/c1-27-16-9-11-17(12-10-16)29(25,26)15-5-8-22(24)23-20-13-14-21(28-2)19-7-4-3-6-18(19)20/h3-4,6-7,9-14H,5,8,15H2,1-2H3,(H,23,24). The van der Waals surface area contributed by atoms with E-state index >= 15 is 0 Å². The number of carbonyl (C=O) groups excluding carboxylic acids is 1. The summed E-state index contributed by atoms with van der Waals surface area (Å²) in [5.41, 5.74) is 0.671. The maximum atomic E-state index is 12.4. The van der Waals surface area contributed by atoms with Crippen LogP contribution in [-0.4, -0.2) is 34.3 Å². The summed E-state index contributed by atoms with van der Waals surface area (Å²) in [6.45, 7) is 0. The second-order valence-corrected chi connectivity index (χ2v) is 8.62. The Balaban J connectivity index is 1.62. The smallest absolute Gasteiger partial charge is 0.224 e. The fourth-order valence-electron chi connectivity index (χ4n) is 3.09. The van der Waals surface area contributed by atoms with E-state index in [4.69, 9.17) is 9.47 Å². The summed E-state index contributed by atoms with van der Waals surface area (Å²) in [6, 6.07) is 17.4. The summed E-state index contributed by atoms with van der Waals surface area (Å²) in [5, 5.41) is 4.64. The number of ether oxygens (including phenoxy) is 2. The molecule has 3 rings (SSSR count). The van der Waals surface area contributed by atoms with Gasteiger partial charge in [-0.15, -0.1) is 0 Å². The minimum absolute atomic E-state index is 0.101. The van der Waals surface area contributed by atoms with Crippen LogP contribution in [0, 0.1) is 0 Å². The maximum Gasteiger partial charge on any atom is 0.224 e. The number of fused-ring (bicyclic) bond motifs is 1. The van der Waals surface area contributed by atoms with Gasteiger partial charge >= 0.3 is 0 Å². The molecule has 0 unspecified atom stereocenters. The van der Waals surface area contributed by atoms with E-state index in [2.05, 4.69) is 5.32 Å². The van der Waals surface area contributed by atoms with E-state index in [0.717, 1.165) is 16.5 Å². The number of hydrogen-bond acceptors (Lipinski definition) is 5. The number of rotatable bonds is 8. The van der Waals surface area contributed by atoms with Gasteiger partial charge in [-0.1, -0.05) is 24.3 Å². The number of amides is 1. The van der Waals surface area contributed by atoms with Crippen molar-refractivity contribution < 1.29 is 22.7 Å². The van der Waals surface area contributed by atoms with Crippen LogP contribution in [0.25, 0.3) is 10.8 Å². The van der Waals surface area contributed by atoms with Crippen LogP contribution in [0.15, 0.2) is 65.6 Å². The van der Waals surface area contributed by atoms with Crippen molar-refractivity contribution in [2.45, 2.75) is 17.7 Å². The van der Waals surface area contributed by atoms with Crippen molar-refractivity contribution >= 4 is 32.2 Å². The molecule has 3 aromatic rings. The Hall–Kier alpha value is -3.06. The molecule has 1 amide bonds. The SMILES string of the molecule is COc1ccc(S(=O)(=O)CCCC(=O)Nc2ccc(OC)c3ccccc23)cc1. The summed E-state index contributed by atoms with van der Waals surface area (Å²) in [4.78, 5) is 12.6. The highest BCUT2D eigenvalue weighted by Crippen LogP contribution is 2.31. The average molecular weight is 413 g/mol. The van der Waals surface area contributed by atoms with Crippen LogP contribution in [-0.2, 0) is 14.6 Å². The highest BCUT2D eigenvalue weighted by Gasteiger charge is 2.16. The van der Waals surface area contributed by atoms with E-state index in [0.29, 0.717) is 11.4 Å². The zero-order chi connectivity index (χ0) is 20.9. The number of anilines is 1. The number of hydrogen-bond donors (Lipinski definition) is 1. The molecule has 0 fully saturated rings. The van der Waals surface area contributed by atoms with E-state index in [1.807, 2.05) is 24.3 Å². The first-order valence-electron chi connectivity index (χ1n) is 9.17. The summed E-state index contributed by atoms with van der Waals surface area (Å²) in [6.07, 6.45) is 0.337. The Kier molecular flexibility index (Phi) is 6.39. The van der Waals surface area contributed by atoms with Crippen molar-refractivity contribution in [3.05, 3.63) is 60.7 Å². The van der Waals surface area contributed by atoms with Gasteiger partial charge in [0.1, 0.15) is 11.5 Å². The molecule has 0 atom stereocenters. The third-order valence-electron chi connectivity index (χ3n) is 4.61. The molecule has 7 heteroatoms. The van der Waals surface area contributed by atoms with Crippen molar-refractivity contribution in [1.82, 2.24) is 0 Å². The highest BCUT2D eigenvalue weighted by molar-refractivity contribution is 7.91. The van der Waals surface area contributed by atoms with Crippen molar-refractivity contribution in [2.75, 3.05) is 25.3 Å². The molecule has 0 saturated carbocycles. The largest absolute Gasteiger partial charge is 0.497 e. The van der Waals surface area contributed by atoms with Crippen molar-refractivity contribution in [3.8, 4) is 11.5 Å². The monoisotopic (exact) mass is 413 g/mol. The topological polar surface area (TPSA) is 81.7 Å². The third-order valence-corrected chi connectivity index (χ3v) is 6.43. The molecule has 0 bridgehead atoms. The predicted octanol–water partition coefficient (Wildman–Crippen LogP) is 4.05. The quantitative estimate of drug-likeness (QED) is 0.602. The molecular weight excluding hydrogens is 390 g/mol. The summed E-state index contributed by atoms with van der Waals surface area (Å²) < 4.78 is 35.3. The van der Waals surface area contributed by atoms with E-state index in [9.17, 15) is 13.2 Å². The van der Waals surface area contributed by atoms with Crippen molar-refractivity contribution in [3.63, 3.8) is 0 Å². The predicted molar refractivity (Wildman–Crippen MR) is 113 cm³/mol. The van der Waals surface area contributed by atoms with Gasteiger partial charge in [-0.05, 0) is 42.8 Å². The molecule has 0 heterocycles. The molecule has 3 aromatic carbocycles. The Morgan fingerprint density at radius 3 is 2.24 bits per heavy atom. The average Bonchev–Trinajstić information content (AvgIpc) is 2.74. The number of nitrogens with one attached hydrogen (secondary N) is 1. The lowest BCUT2D eigenvalue weighted by molar-refractivity contribution is -0.116. The zero-order valence-corrected chi connectivity index (χ0v) is 17.2. The molecule has 29 heavy (non-hydrogen) atoms. The first-order chi connectivity index (χ1) is 13.9. The molecule has 6 nitrogen and oxygen atoms in total. The minimum atomic E-state index is -3.45. The molecule has 0 radical (unpaired) electrons. The molecule has 1 N–H and O–H groups in total. The Labute approximate surface area is 170 Å². The molecular formula is C22H23NO5S. The van der Waals surface area contributed by atoms with Gasteiger partial charge in [0.05, 0.1) is 24.9 Å². The van der Waals surface area contributed by atoms with Crippen LogP contribution in [0.5, 0.6) is 11.5 Å². The van der Waals surface area contributed by atoms with Crippen LogP contribution in [0.3, 0.4) is 0 Å². The first-order valence-corrected chi connectivity index (χ1v) is 10.8. The number of sulfone groups is 1. The second-order valence-electron chi connectivity index (χ2n) is 6.51. The van der Waals surface area contributed by atoms with Gasteiger partial charge in [-0.3, -0.25) is 4.79 Å². The third kappa shape index (κ3) is 4.86. The van der Waals surface area contributed by atoms with Gasteiger partial charge in [-0.25, -0.2) is 8.42 Å². The van der Waals surface area contributed by atoms with Crippen LogP contribution in [0.4, 0.5) is 5.69 Å². The van der Waals surface area contributed by atoms with E-state index in [1.54, 1.807) is 31.4 Å². The lowest BCUT2D eigenvalue weighted by Gasteiger charge is -2.12. The Morgan fingerprint density at radius 2 is 1.59 bits per heavy atom. The van der Waals surface area contributed by atoms with Gasteiger partial charge in [0.25, 0.3) is 0 Å². The second kappa shape index (κ2) is 8.96. The minimum Gasteiger partial charge on any atom is -0.497 e. The molecule has 0 spiro atoms. The van der Waals surface area contributed by atoms with Gasteiger partial charge in [0.2, 0.25) is 5.91 Å². The van der Waals surface area contributed by atoms with Crippen LogP contribution >= 0.6 is 0 Å². The highest BCUT2D eigenvalue weighted by atomic mass is 32.2. The van der Waals surface area contributed by atoms with Gasteiger partial charge in [0.15, 0.2) is 9.84 Å². The zero-order valence-electron chi connectivity index (χ0n) is 16.3. The van der Waals surface area contributed by atoms with Gasteiger partial charge in [0, 0.05) is 22.9 Å². The lowest BCUT2D eigenvalue weighted by atomic mass is 10.1. The molecule has 0 aliphatic carbocycles. The fourth-order valence-corrected chi connectivity index (χ4v) is 4.41. The van der Waals surface area contributed by atoms with Crippen LogP contribution in [0.1, 0.15) is 12.8 Å². The van der Waals surface area contributed by atoms with Crippen LogP contribution in [0.2, 0.25) is 0 Å². The summed E-state index contributed by atoms with van der Waals surface area (Å²) >= 11 is 0. The molecule has 152 valence electrons. The van der Waals surface area contributed by atoms with E-state index < -0.39 is 9.84 Å². The summed E-state index contributed by atoms with van der Waals surface area (Å²) in [5.74, 6) is 0.986. The molecule has 0 aliphatic rings. The molecule has 0 aromatic heterocycles. The fraction of sp³-hybridized carbons (Fsp3) is 0.227. The first kappa shape index (κ1) is 20.7. The van der Waals surface area contributed by atoms with Gasteiger partial charge < -0.3 is 14.8 Å². The van der Waals surface area contributed by atoms with Crippen molar-refractivity contribution in [1.29, 1.82) is 0 Å². The van der Waals surface area contributed by atoms with E-state index in [-0.39, 0.29) is 29.4 Å². The summed E-state index contributed by atoms with van der Waals surface area (Å²) in [7, 11) is -0.327. The Morgan fingerprint density at radius 1 is 0.897 bits per heavy atom. The van der Waals surface area contributed by atoms with Crippen LogP contribution < -0.4 is 14.8 Å². The number of methoxy groups -OCH3 is 2. The molecule has 0 aliphatic heterocycles. The lowest BCUT2D eigenvalue weighted by Crippen LogP contribution is -2.14. The molecule has 0 saturated heterocycles. The number of benzene rings is 3. The van der Waals surface area contributed by atoms with E-state index in [1.165, 1.54) is 19.2 Å². The normalized spacial score (nSPS) is 11.2. The number of carbonyl (C=O) groups is 1. The maximum absolute atomic E-state index is 12.4. The Bertz CT molecular complexity index is 1110.